The monoisotopic (exact) mass is 377 g/mol. The van der Waals surface area contributed by atoms with Crippen molar-refractivity contribution >= 4 is 43.2 Å². The molecular formula is C12H10Br2FNS. The molecule has 0 saturated carbocycles. The Balaban J connectivity index is 2.40. The fourth-order valence-electron chi connectivity index (χ4n) is 1.65. The van der Waals surface area contributed by atoms with E-state index in [1.165, 1.54) is 6.07 Å². The van der Waals surface area contributed by atoms with Gasteiger partial charge in [0, 0.05) is 4.88 Å². The molecular weight excluding hydrogens is 369 g/mol. The van der Waals surface area contributed by atoms with Crippen molar-refractivity contribution in [2.24, 2.45) is 5.73 Å². The highest BCUT2D eigenvalue weighted by molar-refractivity contribution is 9.11. The van der Waals surface area contributed by atoms with E-state index in [-0.39, 0.29) is 11.9 Å². The van der Waals surface area contributed by atoms with E-state index in [0.717, 1.165) is 19.8 Å². The van der Waals surface area contributed by atoms with Crippen LogP contribution in [0.3, 0.4) is 0 Å². The maximum absolute atomic E-state index is 13.5. The predicted molar refractivity (Wildman–Crippen MR) is 76.9 cm³/mol. The summed E-state index contributed by atoms with van der Waals surface area (Å²) < 4.78 is 14.9. The van der Waals surface area contributed by atoms with Crippen molar-refractivity contribution in [1.29, 1.82) is 0 Å². The van der Waals surface area contributed by atoms with E-state index in [2.05, 4.69) is 31.9 Å². The van der Waals surface area contributed by atoms with Crippen molar-refractivity contribution in [2.45, 2.75) is 13.0 Å². The first-order valence-electron chi connectivity index (χ1n) is 4.95. The highest BCUT2D eigenvalue weighted by Gasteiger charge is 2.15. The molecule has 1 unspecified atom stereocenters. The average Bonchev–Trinajstić information content (AvgIpc) is 2.61. The molecule has 1 nitrogen and oxygen atoms in total. The van der Waals surface area contributed by atoms with Crippen LogP contribution in [0, 0.1) is 12.7 Å². The van der Waals surface area contributed by atoms with Gasteiger partial charge in [0.25, 0.3) is 0 Å². The largest absolute Gasteiger partial charge is 0.320 e. The van der Waals surface area contributed by atoms with Crippen LogP contribution in [0.4, 0.5) is 4.39 Å². The van der Waals surface area contributed by atoms with Gasteiger partial charge in [-0.25, -0.2) is 4.39 Å². The summed E-state index contributed by atoms with van der Waals surface area (Å²) in [6, 6.07) is 6.69. The molecule has 0 saturated heterocycles. The van der Waals surface area contributed by atoms with Crippen molar-refractivity contribution in [3.63, 3.8) is 0 Å². The van der Waals surface area contributed by atoms with Crippen molar-refractivity contribution < 1.29 is 4.39 Å². The third kappa shape index (κ3) is 2.78. The smallest absolute Gasteiger partial charge is 0.137 e. The van der Waals surface area contributed by atoms with Crippen LogP contribution in [0.1, 0.15) is 22.0 Å². The van der Waals surface area contributed by atoms with Crippen LogP contribution >= 0.6 is 43.2 Å². The van der Waals surface area contributed by atoms with Gasteiger partial charge >= 0.3 is 0 Å². The number of hydrogen-bond donors (Lipinski definition) is 1. The molecule has 0 fully saturated rings. The second-order valence-corrected chi connectivity index (χ2v) is 7.20. The maximum Gasteiger partial charge on any atom is 0.137 e. The van der Waals surface area contributed by atoms with E-state index in [9.17, 15) is 4.39 Å². The third-order valence-electron chi connectivity index (χ3n) is 2.56. The fourth-order valence-corrected chi connectivity index (χ4v) is 3.66. The molecule has 1 aromatic heterocycles. The molecule has 0 spiro atoms. The van der Waals surface area contributed by atoms with Gasteiger partial charge in [0.1, 0.15) is 5.82 Å². The van der Waals surface area contributed by atoms with Crippen molar-refractivity contribution in [2.75, 3.05) is 0 Å². The summed E-state index contributed by atoms with van der Waals surface area (Å²) in [5.74, 6) is -0.287. The quantitative estimate of drug-likeness (QED) is 0.800. The van der Waals surface area contributed by atoms with E-state index in [4.69, 9.17) is 5.73 Å². The fraction of sp³-hybridized carbons (Fsp3) is 0.167. The van der Waals surface area contributed by atoms with Gasteiger partial charge in [-0.2, -0.15) is 0 Å². The first-order valence-corrected chi connectivity index (χ1v) is 7.35. The zero-order valence-corrected chi connectivity index (χ0v) is 13.0. The highest BCUT2D eigenvalue weighted by atomic mass is 79.9. The molecule has 17 heavy (non-hydrogen) atoms. The van der Waals surface area contributed by atoms with Gasteiger partial charge in [0.2, 0.25) is 0 Å². The number of benzene rings is 1. The van der Waals surface area contributed by atoms with E-state index in [0.29, 0.717) is 4.47 Å². The average molecular weight is 379 g/mol. The second-order valence-electron chi connectivity index (χ2n) is 3.71. The lowest BCUT2D eigenvalue weighted by Gasteiger charge is -2.12. The van der Waals surface area contributed by atoms with Gasteiger partial charge in [0.05, 0.1) is 14.3 Å². The predicted octanol–water partition coefficient (Wildman–Crippen LogP) is 4.77. The van der Waals surface area contributed by atoms with Crippen LogP contribution in [0.5, 0.6) is 0 Å². The van der Waals surface area contributed by atoms with Gasteiger partial charge in [-0.1, -0.05) is 6.07 Å². The Morgan fingerprint density at radius 3 is 2.53 bits per heavy atom. The summed E-state index contributed by atoms with van der Waals surface area (Å²) in [5, 5.41) is 0. The number of halogens is 3. The Morgan fingerprint density at radius 2 is 2.00 bits per heavy atom. The third-order valence-corrected chi connectivity index (χ3v) is 4.78. The van der Waals surface area contributed by atoms with E-state index in [1.54, 1.807) is 17.4 Å². The Hall–Kier alpha value is -0.230. The van der Waals surface area contributed by atoms with Crippen LogP contribution in [-0.4, -0.2) is 0 Å². The van der Waals surface area contributed by atoms with Gasteiger partial charge in [-0.3, -0.25) is 0 Å². The summed E-state index contributed by atoms with van der Waals surface area (Å²) in [6.07, 6.45) is 0. The van der Waals surface area contributed by atoms with E-state index >= 15 is 0 Å². The number of rotatable bonds is 2. The summed E-state index contributed by atoms with van der Waals surface area (Å²) in [5.41, 5.74) is 7.96. The molecule has 5 heteroatoms. The molecule has 0 aliphatic carbocycles. The van der Waals surface area contributed by atoms with Gasteiger partial charge in [-0.05, 0) is 68.1 Å². The minimum Gasteiger partial charge on any atom is -0.320 e. The lowest BCUT2D eigenvalue weighted by molar-refractivity contribution is 0.617. The van der Waals surface area contributed by atoms with Crippen LogP contribution in [0.25, 0.3) is 0 Å². The van der Waals surface area contributed by atoms with Gasteiger partial charge in [0.15, 0.2) is 0 Å². The van der Waals surface area contributed by atoms with E-state index in [1.807, 2.05) is 19.1 Å². The molecule has 0 aliphatic heterocycles. The number of aryl methyl sites for hydroxylation is 1. The Labute approximate surface area is 120 Å². The molecule has 1 atom stereocenters. The lowest BCUT2D eigenvalue weighted by atomic mass is 10.0. The number of nitrogens with two attached hydrogens (primary N) is 1. The summed E-state index contributed by atoms with van der Waals surface area (Å²) in [6.45, 7) is 2.01. The molecule has 2 aromatic rings. The normalized spacial score (nSPS) is 12.8. The molecule has 2 N–H and O–H groups in total. The molecule has 1 aromatic carbocycles. The Kier molecular flexibility index (Phi) is 4.02. The minimum absolute atomic E-state index is 0.287. The standard InChI is InChI=1S/C12H10Br2FNS/c1-6-8(5-11(14)17-6)12(16)7-2-3-9(13)10(15)4-7/h2-5,12H,16H2,1H3. The van der Waals surface area contributed by atoms with E-state index < -0.39 is 0 Å². The molecule has 0 bridgehead atoms. The van der Waals surface area contributed by atoms with Crippen LogP contribution < -0.4 is 5.73 Å². The van der Waals surface area contributed by atoms with Crippen LogP contribution in [0.2, 0.25) is 0 Å². The first kappa shape index (κ1) is 13.2. The van der Waals surface area contributed by atoms with Crippen LogP contribution in [-0.2, 0) is 0 Å². The topological polar surface area (TPSA) is 26.0 Å². The molecule has 90 valence electrons. The van der Waals surface area contributed by atoms with Crippen molar-refractivity contribution in [3.8, 4) is 0 Å². The summed E-state index contributed by atoms with van der Waals surface area (Å²) >= 11 is 8.20. The van der Waals surface area contributed by atoms with Crippen molar-refractivity contribution in [3.05, 3.63) is 54.3 Å². The molecule has 1 heterocycles. The molecule has 0 amide bonds. The molecule has 2 rings (SSSR count). The number of hydrogen-bond acceptors (Lipinski definition) is 2. The molecule has 0 radical (unpaired) electrons. The maximum atomic E-state index is 13.5. The minimum atomic E-state index is -0.292. The zero-order chi connectivity index (χ0) is 12.6. The summed E-state index contributed by atoms with van der Waals surface area (Å²) in [7, 11) is 0. The lowest BCUT2D eigenvalue weighted by Crippen LogP contribution is -2.12. The van der Waals surface area contributed by atoms with Gasteiger partial charge < -0.3 is 5.73 Å². The Morgan fingerprint density at radius 1 is 1.29 bits per heavy atom. The van der Waals surface area contributed by atoms with Crippen LogP contribution in [0.15, 0.2) is 32.5 Å². The SMILES string of the molecule is Cc1sc(Br)cc1C(N)c1ccc(Br)c(F)c1. The Bertz CT molecular complexity index is 553. The second kappa shape index (κ2) is 5.18. The first-order chi connectivity index (χ1) is 7.99. The summed E-state index contributed by atoms with van der Waals surface area (Å²) in [4.78, 5) is 1.15. The zero-order valence-electron chi connectivity index (χ0n) is 9.01. The highest BCUT2D eigenvalue weighted by Crippen LogP contribution is 2.33. The van der Waals surface area contributed by atoms with Gasteiger partial charge in [-0.15, -0.1) is 11.3 Å². The van der Waals surface area contributed by atoms with Crippen molar-refractivity contribution in [1.82, 2.24) is 0 Å². The molecule has 0 aliphatic rings. The number of thiophene rings is 1.